The molecule has 0 spiro atoms. The minimum atomic E-state index is -0.500. The van der Waals surface area contributed by atoms with Gasteiger partial charge >= 0.3 is 23.7 Å². The number of carbonyl (C=O) groups is 2. The molecule has 0 saturated heterocycles. The number of rotatable bonds is 0. The molecule has 0 amide bonds. The van der Waals surface area contributed by atoms with Gasteiger partial charge < -0.3 is 19.8 Å². The van der Waals surface area contributed by atoms with Gasteiger partial charge in [-0.15, -0.1) is 0 Å². The van der Waals surface area contributed by atoms with Crippen LogP contribution in [0.2, 0.25) is 0 Å². The molecular formula is C2H2O4Te. The van der Waals surface area contributed by atoms with Crippen LogP contribution in [0.1, 0.15) is 0 Å². The Morgan fingerprint density at radius 2 is 1.00 bits per heavy atom. The van der Waals surface area contributed by atoms with E-state index in [4.69, 9.17) is 19.8 Å². The van der Waals surface area contributed by atoms with Crippen molar-refractivity contribution >= 4 is 36.6 Å². The maximum absolute atomic E-state index is 8.25. The predicted octanol–water partition coefficient (Wildman–Crippen LogP) is -3.65. The molecule has 0 fully saturated rings. The average molecular weight is 218 g/mol. The first-order valence-electron chi connectivity index (χ1n) is 0.943. The molecule has 0 aromatic heterocycles. The molecule has 0 aliphatic carbocycles. The van der Waals surface area contributed by atoms with E-state index in [-0.39, 0.29) is 23.7 Å². The Balaban J connectivity index is -0.0000000400. The second-order valence-electron chi connectivity index (χ2n) is 0.192. The van der Waals surface area contributed by atoms with Crippen molar-refractivity contribution in [1.82, 2.24) is 0 Å². The summed E-state index contributed by atoms with van der Waals surface area (Å²) in [5.41, 5.74) is 0. The summed E-state index contributed by atoms with van der Waals surface area (Å²) >= 11 is 0. The Kier molecular flexibility index (Phi) is 97.2. The van der Waals surface area contributed by atoms with E-state index in [2.05, 4.69) is 0 Å². The summed E-state index contributed by atoms with van der Waals surface area (Å²) in [5.74, 6) is 0. The van der Waals surface area contributed by atoms with E-state index in [9.17, 15) is 0 Å². The molecule has 0 rings (SSSR count). The molecule has 4 radical (unpaired) electrons. The quantitative estimate of drug-likeness (QED) is 0.310. The molecule has 40 valence electrons. The van der Waals surface area contributed by atoms with E-state index in [1.807, 2.05) is 0 Å². The first-order valence-corrected chi connectivity index (χ1v) is 0.943. The molecule has 4 nitrogen and oxygen atoms in total. The minimum Gasteiger partial charge on any atom is -0.554 e. The fourth-order valence-electron chi connectivity index (χ4n) is 0. The first kappa shape index (κ1) is 15.9. The van der Waals surface area contributed by atoms with E-state index in [1.54, 1.807) is 0 Å². The average Bonchev–Trinajstić information content (AvgIpc) is 1.39. The van der Waals surface area contributed by atoms with Gasteiger partial charge in [0.2, 0.25) is 0 Å². The van der Waals surface area contributed by atoms with Crippen LogP contribution in [0, 0.1) is 0 Å². The van der Waals surface area contributed by atoms with Gasteiger partial charge in [0.15, 0.2) is 0 Å². The molecule has 0 aliphatic heterocycles. The normalized spacial score (nSPS) is 3.43. The molecule has 7 heavy (non-hydrogen) atoms. The first-order chi connectivity index (χ1) is 2.83. The van der Waals surface area contributed by atoms with Crippen molar-refractivity contribution < 1.29 is 19.8 Å². The van der Waals surface area contributed by atoms with Crippen LogP contribution in [0.15, 0.2) is 0 Å². The van der Waals surface area contributed by atoms with Crippen molar-refractivity contribution in [2.45, 2.75) is 0 Å². The molecule has 0 aliphatic rings. The summed E-state index contributed by atoms with van der Waals surface area (Å²) in [6, 6.07) is 0. The predicted molar refractivity (Wildman–Crippen MR) is 17.9 cm³/mol. The van der Waals surface area contributed by atoms with E-state index in [0.29, 0.717) is 0 Å². The zero-order valence-electron chi connectivity index (χ0n) is 3.20. The standard InChI is InChI=1S/2CH2O2.Te/c2*2-1-3;/h2*1H,(H,2,3);/q;;+2/p-2. The fraction of sp³-hybridized carbons (Fsp3) is 0. The number of carboxylic acid groups (broad SMARTS) is 2. The second kappa shape index (κ2) is 42.8. The van der Waals surface area contributed by atoms with Gasteiger partial charge in [-0.2, -0.15) is 0 Å². The number of carbonyl (C=O) groups excluding carboxylic acids is 2. The maximum Gasteiger partial charge on any atom is 2.00 e. The number of hydrogen-bond acceptors (Lipinski definition) is 4. The van der Waals surface area contributed by atoms with Gasteiger partial charge in [0.1, 0.15) is 0 Å². The van der Waals surface area contributed by atoms with Crippen molar-refractivity contribution in [2.75, 3.05) is 0 Å². The third-order valence-corrected chi connectivity index (χ3v) is 0. The van der Waals surface area contributed by atoms with Gasteiger partial charge in [-0.3, -0.25) is 0 Å². The van der Waals surface area contributed by atoms with Crippen molar-refractivity contribution in [3.05, 3.63) is 0 Å². The summed E-state index contributed by atoms with van der Waals surface area (Å²) in [7, 11) is 0. The Hall–Kier alpha value is -0.270. The van der Waals surface area contributed by atoms with E-state index in [1.165, 1.54) is 0 Å². The van der Waals surface area contributed by atoms with Gasteiger partial charge in [0.25, 0.3) is 0 Å². The molecular weight excluding hydrogens is 216 g/mol. The van der Waals surface area contributed by atoms with Crippen LogP contribution in [0.4, 0.5) is 0 Å². The summed E-state index contributed by atoms with van der Waals surface area (Å²) in [6.07, 6.45) is 0. The van der Waals surface area contributed by atoms with Gasteiger partial charge in [-0.05, 0) is 0 Å². The molecule has 0 N–H and O–H groups in total. The van der Waals surface area contributed by atoms with Crippen molar-refractivity contribution in [1.29, 1.82) is 0 Å². The summed E-state index contributed by atoms with van der Waals surface area (Å²) in [4.78, 5) is 16.5. The Morgan fingerprint density at radius 1 is 1.00 bits per heavy atom. The SMILES string of the molecule is O=C[O-].O=C[O-].[Te+2]. The van der Waals surface area contributed by atoms with E-state index < -0.39 is 12.9 Å². The van der Waals surface area contributed by atoms with Crippen molar-refractivity contribution in [3.8, 4) is 0 Å². The van der Waals surface area contributed by atoms with E-state index >= 15 is 0 Å². The third-order valence-electron chi connectivity index (χ3n) is 0. The molecule has 0 heterocycles. The zero-order chi connectivity index (χ0) is 5.41. The molecule has 0 saturated carbocycles. The van der Waals surface area contributed by atoms with Crippen LogP contribution in [0.25, 0.3) is 0 Å². The third kappa shape index (κ3) is 1090. The van der Waals surface area contributed by atoms with Gasteiger partial charge in [0.05, 0.1) is 0 Å². The Labute approximate surface area is 56.9 Å². The van der Waals surface area contributed by atoms with Crippen LogP contribution in [0.3, 0.4) is 0 Å². The van der Waals surface area contributed by atoms with E-state index in [0.717, 1.165) is 0 Å². The molecule has 0 aromatic carbocycles. The molecule has 0 unspecified atom stereocenters. The molecule has 0 bridgehead atoms. The van der Waals surface area contributed by atoms with Gasteiger partial charge in [0, 0.05) is 12.9 Å². The van der Waals surface area contributed by atoms with Crippen LogP contribution in [0.5, 0.6) is 0 Å². The second-order valence-corrected chi connectivity index (χ2v) is 0.192. The van der Waals surface area contributed by atoms with Crippen LogP contribution < -0.4 is 10.2 Å². The monoisotopic (exact) mass is 220 g/mol. The summed E-state index contributed by atoms with van der Waals surface area (Å²) in [6.45, 7) is -1.00. The van der Waals surface area contributed by atoms with Gasteiger partial charge in [-0.1, -0.05) is 0 Å². The van der Waals surface area contributed by atoms with Crippen LogP contribution in [-0.2, 0) is 9.59 Å². The Morgan fingerprint density at radius 3 is 1.00 bits per heavy atom. The van der Waals surface area contributed by atoms with Crippen LogP contribution in [-0.4, -0.2) is 36.6 Å². The zero-order valence-corrected chi connectivity index (χ0v) is 5.53. The van der Waals surface area contributed by atoms with Gasteiger partial charge in [-0.25, -0.2) is 0 Å². The molecule has 0 atom stereocenters. The summed E-state index contributed by atoms with van der Waals surface area (Å²) in [5, 5.41) is 16.5. The van der Waals surface area contributed by atoms with Crippen LogP contribution >= 0.6 is 0 Å². The fourth-order valence-corrected chi connectivity index (χ4v) is 0. The molecule has 0 aromatic rings. The van der Waals surface area contributed by atoms with Crippen molar-refractivity contribution in [3.63, 3.8) is 0 Å². The van der Waals surface area contributed by atoms with Crippen molar-refractivity contribution in [2.24, 2.45) is 0 Å². The minimum absolute atomic E-state index is 0. The Bertz CT molecular complexity index is 30.7. The number of hydrogen-bond donors (Lipinski definition) is 0. The summed E-state index contributed by atoms with van der Waals surface area (Å²) < 4.78 is 0. The molecule has 5 heteroatoms. The topological polar surface area (TPSA) is 80.3 Å². The smallest absolute Gasteiger partial charge is 0.554 e. The maximum atomic E-state index is 8.25. The largest absolute Gasteiger partial charge is 2.00 e.